The van der Waals surface area contributed by atoms with Gasteiger partial charge in [-0.25, -0.2) is 0 Å². The van der Waals surface area contributed by atoms with Gasteiger partial charge in [-0.3, -0.25) is 0 Å². The third-order valence-corrected chi connectivity index (χ3v) is 3.74. The zero-order valence-electron chi connectivity index (χ0n) is 10.6. The number of methoxy groups -OCH3 is 1. The summed E-state index contributed by atoms with van der Waals surface area (Å²) in [6.45, 7) is 1.59. The smallest absolute Gasteiger partial charge is 0.124 e. The van der Waals surface area contributed by atoms with Gasteiger partial charge in [-0.1, -0.05) is 34.1 Å². The summed E-state index contributed by atoms with van der Waals surface area (Å²) in [5.41, 5.74) is 1.10. The summed E-state index contributed by atoms with van der Waals surface area (Å²) in [5.74, 6) is 0.883. The third-order valence-electron chi connectivity index (χ3n) is 3.15. The molecule has 1 fully saturated rings. The van der Waals surface area contributed by atoms with Gasteiger partial charge in [0.25, 0.3) is 0 Å². The van der Waals surface area contributed by atoms with Crippen LogP contribution in [0.1, 0.15) is 24.5 Å². The second kappa shape index (κ2) is 7.12. The summed E-state index contributed by atoms with van der Waals surface area (Å²) in [4.78, 5) is 0. The first-order valence-corrected chi connectivity index (χ1v) is 7.39. The molecule has 100 valence electrons. The van der Waals surface area contributed by atoms with Crippen LogP contribution in [0.5, 0.6) is 5.75 Å². The Labute approximate surface area is 117 Å². The van der Waals surface area contributed by atoms with Crippen molar-refractivity contribution in [2.45, 2.75) is 25.0 Å². The molecule has 1 aliphatic heterocycles. The van der Waals surface area contributed by atoms with Crippen LogP contribution in [-0.2, 0) is 9.47 Å². The van der Waals surface area contributed by atoms with Crippen LogP contribution in [0.4, 0.5) is 0 Å². The van der Waals surface area contributed by atoms with Crippen molar-refractivity contribution in [1.29, 1.82) is 0 Å². The maximum absolute atomic E-state index is 6.16. The Morgan fingerprint density at radius 3 is 2.72 bits per heavy atom. The van der Waals surface area contributed by atoms with Crippen LogP contribution < -0.4 is 4.74 Å². The maximum Gasteiger partial charge on any atom is 0.124 e. The second-order valence-corrected chi connectivity index (χ2v) is 4.98. The van der Waals surface area contributed by atoms with Crippen LogP contribution in [0.2, 0.25) is 0 Å². The van der Waals surface area contributed by atoms with Gasteiger partial charge in [0.05, 0.1) is 19.3 Å². The molecule has 1 saturated heterocycles. The zero-order valence-corrected chi connectivity index (χ0v) is 12.2. The molecule has 2 rings (SSSR count). The molecule has 0 N–H and O–H groups in total. The molecule has 0 aromatic heterocycles. The Bertz CT molecular complexity index is 364. The van der Waals surface area contributed by atoms with E-state index in [1.54, 1.807) is 7.11 Å². The largest absolute Gasteiger partial charge is 0.496 e. The van der Waals surface area contributed by atoms with Gasteiger partial charge in [-0.2, -0.15) is 0 Å². The molecule has 0 saturated carbocycles. The van der Waals surface area contributed by atoms with E-state index in [-0.39, 0.29) is 12.2 Å². The quantitative estimate of drug-likeness (QED) is 0.780. The maximum atomic E-state index is 6.16. The molecule has 1 heterocycles. The molecular weight excluding hydrogens is 296 g/mol. The Kier molecular flexibility index (Phi) is 5.47. The fraction of sp³-hybridized carbons (Fsp3) is 0.571. The highest BCUT2D eigenvalue weighted by Crippen LogP contribution is 2.31. The van der Waals surface area contributed by atoms with Gasteiger partial charge < -0.3 is 14.2 Å². The highest BCUT2D eigenvalue weighted by molar-refractivity contribution is 9.09. The minimum absolute atomic E-state index is 0.0317. The Morgan fingerprint density at radius 1 is 1.33 bits per heavy atom. The van der Waals surface area contributed by atoms with Crippen LogP contribution in [0, 0.1) is 0 Å². The number of hydrogen-bond donors (Lipinski definition) is 0. The van der Waals surface area contributed by atoms with E-state index in [1.807, 2.05) is 18.2 Å². The standard InChI is InChI=1S/C14H19BrO3/c1-16-13-5-3-2-4-12(13)14(10-15)18-11-6-8-17-9-7-11/h2-5,11,14H,6-10H2,1H3/t14-/m0/s1. The Balaban J connectivity index is 2.07. The van der Waals surface area contributed by atoms with Crippen LogP contribution >= 0.6 is 15.9 Å². The summed E-state index contributed by atoms with van der Waals surface area (Å²) in [5, 5.41) is 0.769. The average Bonchev–Trinajstić information content (AvgIpc) is 2.46. The lowest BCUT2D eigenvalue weighted by molar-refractivity contribution is -0.0621. The Hall–Kier alpha value is -0.580. The van der Waals surface area contributed by atoms with Gasteiger partial charge >= 0.3 is 0 Å². The molecule has 1 aliphatic rings. The minimum Gasteiger partial charge on any atom is -0.496 e. The molecule has 18 heavy (non-hydrogen) atoms. The number of ether oxygens (including phenoxy) is 3. The SMILES string of the molecule is COc1ccccc1[C@H](CBr)OC1CCOCC1. The highest BCUT2D eigenvalue weighted by Gasteiger charge is 2.22. The number of rotatable bonds is 5. The predicted octanol–water partition coefficient (Wildman–Crippen LogP) is 3.33. The molecule has 0 bridgehead atoms. The summed E-state index contributed by atoms with van der Waals surface area (Å²) >= 11 is 3.53. The van der Waals surface area contributed by atoms with Crippen LogP contribution in [0.3, 0.4) is 0 Å². The summed E-state index contributed by atoms with van der Waals surface area (Å²) in [6, 6.07) is 8.02. The van der Waals surface area contributed by atoms with Crippen molar-refractivity contribution >= 4 is 15.9 Å². The lowest BCUT2D eigenvalue weighted by Crippen LogP contribution is -2.26. The van der Waals surface area contributed by atoms with E-state index < -0.39 is 0 Å². The van der Waals surface area contributed by atoms with E-state index in [0.717, 1.165) is 42.7 Å². The lowest BCUT2D eigenvalue weighted by Gasteiger charge is -2.27. The molecule has 0 amide bonds. The van der Waals surface area contributed by atoms with Crippen molar-refractivity contribution in [2.24, 2.45) is 0 Å². The molecule has 0 unspecified atom stereocenters. The molecule has 0 radical (unpaired) electrons. The van der Waals surface area contributed by atoms with Crippen LogP contribution in [-0.4, -0.2) is 31.8 Å². The van der Waals surface area contributed by atoms with Crippen molar-refractivity contribution in [3.63, 3.8) is 0 Å². The van der Waals surface area contributed by atoms with Crippen molar-refractivity contribution in [3.8, 4) is 5.75 Å². The van der Waals surface area contributed by atoms with Gasteiger partial charge in [0.1, 0.15) is 5.75 Å². The van der Waals surface area contributed by atoms with E-state index in [4.69, 9.17) is 14.2 Å². The number of alkyl halides is 1. The molecule has 1 atom stereocenters. The molecular formula is C14H19BrO3. The first-order chi connectivity index (χ1) is 8.85. The average molecular weight is 315 g/mol. The molecule has 4 heteroatoms. The summed E-state index contributed by atoms with van der Waals surface area (Å²) in [7, 11) is 1.69. The fourth-order valence-corrected chi connectivity index (χ4v) is 2.67. The first kappa shape index (κ1) is 13.8. The molecule has 0 aliphatic carbocycles. The minimum atomic E-state index is 0.0317. The molecule has 1 aromatic carbocycles. The lowest BCUT2D eigenvalue weighted by atomic mass is 10.1. The van der Waals surface area contributed by atoms with Crippen molar-refractivity contribution in [2.75, 3.05) is 25.7 Å². The van der Waals surface area contributed by atoms with E-state index >= 15 is 0 Å². The molecule has 1 aromatic rings. The van der Waals surface area contributed by atoms with E-state index in [0.29, 0.717) is 0 Å². The van der Waals surface area contributed by atoms with Crippen LogP contribution in [0.25, 0.3) is 0 Å². The third kappa shape index (κ3) is 3.46. The first-order valence-electron chi connectivity index (χ1n) is 6.27. The number of benzene rings is 1. The summed E-state index contributed by atoms with van der Waals surface area (Å²) in [6.07, 6.45) is 2.26. The van der Waals surface area contributed by atoms with E-state index in [2.05, 4.69) is 22.0 Å². The number of halogens is 1. The van der Waals surface area contributed by atoms with Gasteiger partial charge in [-0.15, -0.1) is 0 Å². The van der Waals surface area contributed by atoms with Gasteiger partial charge in [-0.05, 0) is 18.9 Å². The zero-order chi connectivity index (χ0) is 12.8. The van der Waals surface area contributed by atoms with Gasteiger partial charge in [0.15, 0.2) is 0 Å². The van der Waals surface area contributed by atoms with Crippen molar-refractivity contribution in [3.05, 3.63) is 29.8 Å². The predicted molar refractivity (Wildman–Crippen MR) is 74.5 cm³/mol. The number of hydrogen-bond acceptors (Lipinski definition) is 3. The number of para-hydroxylation sites is 1. The van der Waals surface area contributed by atoms with Crippen molar-refractivity contribution < 1.29 is 14.2 Å². The van der Waals surface area contributed by atoms with E-state index in [1.165, 1.54) is 0 Å². The van der Waals surface area contributed by atoms with Crippen LogP contribution in [0.15, 0.2) is 24.3 Å². The fourth-order valence-electron chi connectivity index (χ4n) is 2.17. The Morgan fingerprint density at radius 2 is 2.06 bits per heavy atom. The molecule has 3 nitrogen and oxygen atoms in total. The van der Waals surface area contributed by atoms with Gasteiger partial charge in [0, 0.05) is 24.1 Å². The second-order valence-electron chi connectivity index (χ2n) is 4.33. The highest BCUT2D eigenvalue weighted by atomic mass is 79.9. The van der Waals surface area contributed by atoms with Crippen molar-refractivity contribution in [1.82, 2.24) is 0 Å². The molecule has 0 spiro atoms. The summed E-state index contributed by atoms with van der Waals surface area (Å²) < 4.78 is 16.9. The monoisotopic (exact) mass is 314 g/mol. The van der Waals surface area contributed by atoms with Gasteiger partial charge in [0.2, 0.25) is 0 Å². The topological polar surface area (TPSA) is 27.7 Å². The normalized spacial score (nSPS) is 18.6. The van der Waals surface area contributed by atoms with E-state index in [9.17, 15) is 0 Å².